The highest BCUT2D eigenvalue weighted by molar-refractivity contribution is 5.97. The minimum atomic E-state index is -0.992. The van der Waals surface area contributed by atoms with Crippen LogP contribution in [-0.2, 0) is 20.8 Å². The molecule has 3 atom stereocenters. The fourth-order valence-corrected chi connectivity index (χ4v) is 3.93. The number of β-lactam (4-membered cyclic amide) rings is 1. The Morgan fingerprint density at radius 3 is 2.56 bits per heavy atom. The number of nitrogens with one attached hydrogen (secondary N) is 1. The number of nitrogens with two attached hydrogens (primary N) is 1. The van der Waals surface area contributed by atoms with Gasteiger partial charge in [-0.15, -0.1) is 0 Å². The molecule has 1 aromatic rings. The number of anilines is 1. The summed E-state index contributed by atoms with van der Waals surface area (Å²) in [5.74, 6) is -1.50. The maximum absolute atomic E-state index is 12.3. The number of rotatable bonds is 5. The van der Waals surface area contributed by atoms with E-state index < -0.39 is 23.5 Å². The second-order valence-corrected chi connectivity index (χ2v) is 7.53. The van der Waals surface area contributed by atoms with E-state index in [0.717, 1.165) is 5.56 Å². The van der Waals surface area contributed by atoms with Gasteiger partial charge in [0.2, 0.25) is 11.8 Å². The summed E-state index contributed by atoms with van der Waals surface area (Å²) in [6.45, 7) is 3.69. The number of aryl methyl sites for hydroxylation is 1. The molecule has 0 bridgehead atoms. The predicted molar refractivity (Wildman–Crippen MR) is 91.6 cm³/mol. The van der Waals surface area contributed by atoms with E-state index in [1.54, 1.807) is 12.1 Å². The number of carbonyl (C=O) groups excluding carboxylic acids is 2. The van der Waals surface area contributed by atoms with Crippen molar-refractivity contribution in [2.75, 3.05) is 5.73 Å². The first-order valence-electron chi connectivity index (χ1n) is 8.39. The van der Waals surface area contributed by atoms with Crippen molar-refractivity contribution >= 4 is 23.5 Å². The number of carboxylic acids is 1. The molecule has 0 radical (unpaired) electrons. The Hall–Kier alpha value is -2.57. The van der Waals surface area contributed by atoms with Crippen LogP contribution in [0.2, 0.25) is 0 Å². The maximum atomic E-state index is 12.3. The Labute approximate surface area is 146 Å². The molecule has 2 amide bonds. The first-order chi connectivity index (χ1) is 11.7. The van der Waals surface area contributed by atoms with Crippen molar-refractivity contribution in [3.63, 3.8) is 0 Å². The lowest BCUT2D eigenvalue weighted by Crippen LogP contribution is -2.70. The van der Waals surface area contributed by atoms with Crippen LogP contribution < -0.4 is 11.1 Å². The highest BCUT2D eigenvalue weighted by atomic mass is 16.4. The fraction of sp³-hybridized carbons (Fsp3) is 0.500. The molecule has 7 nitrogen and oxygen atoms in total. The summed E-state index contributed by atoms with van der Waals surface area (Å²) in [5.41, 5.74) is 6.80. The van der Waals surface area contributed by atoms with E-state index in [2.05, 4.69) is 5.32 Å². The van der Waals surface area contributed by atoms with Crippen LogP contribution in [0.4, 0.5) is 5.69 Å². The topological polar surface area (TPSA) is 113 Å². The van der Waals surface area contributed by atoms with Crippen molar-refractivity contribution in [1.82, 2.24) is 10.2 Å². The first kappa shape index (κ1) is 17.3. The Morgan fingerprint density at radius 1 is 1.32 bits per heavy atom. The van der Waals surface area contributed by atoms with Crippen LogP contribution in [0.15, 0.2) is 24.3 Å². The summed E-state index contributed by atoms with van der Waals surface area (Å²) in [4.78, 5) is 37.4. The number of nitrogens with zero attached hydrogens (tertiary/aromatic N) is 1. The van der Waals surface area contributed by atoms with Crippen molar-refractivity contribution in [3.8, 4) is 0 Å². The monoisotopic (exact) mass is 345 g/mol. The smallest absolute Gasteiger partial charge is 0.326 e. The molecule has 3 rings (SSSR count). The van der Waals surface area contributed by atoms with E-state index in [0.29, 0.717) is 18.5 Å². The molecular formula is C18H23N3O4. The summed E-state index contributed by atoms with van der Waals surface area (Å²) in [7, 11) is 0. The molecule has 0 unspecified atom stereocenters. The van der Waals surface area contributed by atoms with Crippen molar-refractivity contribution in [1.29, 1.82) is 0 Å². The summed E-state index contributed by atoms with van der Waals surface area (Å²) in [6, 6.07) is 5.64. The Morgan fingerprint density at radius 2 is 1.96 bits per heavy atom. The van der Waals surface area contributed by atoms with Crippen LogP contribution in [0.25, 0.3) is 0 Å². The maximum Gasteiger partial charge on any atom is 0.326 e. The summed E-state index contributed by atoms with van der Waals surface area (Å²) in [6.07, 6.45) is 1.40. The van der Waals surface area contributed by atoms with E-state index in [1.165, 1.54) is 4.90 Å². The molecule has 25 heavy (non-hydrogen) atoms. The van der Waals surface area contributed by atoms with Gasteiger partial charge in [0.05, 0.1) is 6.04 Å². The van der Waals surface area contributed by atoms with Gasteiger partial charge in [-0.1, -0.05) is 26.0 Å². The lowest BCUT2D eigenvalue weighted by Gasteiger charge is -2.44. The number of carbonyl (C=O) groups is 3. The number of amides is 2. The molecule has 2 fully saturated rings. The van der Waals surface area contributed by atoms with Crippen LogP contribution in [0.5, 0.6) is 0 Å². The Kier molecular flexibility index (Phi) is 4.18. The van der Waals surface area contributed by atoms with Gasteiger partial charge in [0.1, 0.15) is 12.1 Å². The highest BCUT2D eigenvalue weighted by Crippen LogP contribution is 2.46. The molecule has 1 aromatic carbocycles. The summed E-state index contributed by atoms with van der Waals surface area (Å²) in [5, 5.41) is 12.2. The largest absolute Gasteiger partial charge is 0.480 e. The number of hydrogen-bond donors (Lipinski definition) is 3. The first-order valence-corrected chi connectivity index (χ1v) is 8.39. The Balaban J connectivity index is 1.57. The van der Waals surface area contributed by atoms with Gasteiger partial charge in [-0.05, 0) is 36.0 Å². The summed E-state index contributed by atoms with van der Waals surface area (Å²) >= 11 is 0. The second-order valence-electron chi connectivity index (χ2n) is 7.53. The number of nitrogen functional groups attached to an aromatic ring is 1. The van der Waals surface area contributed by atoms with Crippen molar-refractivity contribution < 1.29 is 19.5 Å². The highest BCUT2D eigenvalue weighted by Gasteiger charge is 2.63. The fourth-order valence-electron chi connectivity index (χ4n) is 3.93. The van der Waals surface area contributed by atoms with Crippen molar-refractivity contribution in [3.05, 3.63) is 29.8 Å². The van der Waals surface area contributed by atoms with Gasteiger partial charge in [0, 0.05) is 12.1 Å². The van der Waals surface area contributed by atoms with Crippen LogP contribution in [0.3, 0.4) is 0 Å². The van der Waals surface area contributed by atoms with E-state index in [4.69, 9.17) is 5.73 Å². The van der Waals surface area contributed by atoms with E-state index >= 15 is 0 Å². The van der Waals surface area contributed by atoms with Gasteiger partial charge < -0.3 is 21.1 Å². The molecule has 0 aromatic heterocycles. The number of fused-ring (bicyclic) bond motifs is 1. The van der Waals surface area contributed by atoms with Gasteiger partial charge in [0.15, 0.2) is 0 Å². The van der Waals surface area contributed by atoms with Crippen molar-refractivity contribution in [2.24, 2.45) is 5.41 Å². The number of hydrogen-bond acceptors (Lipinski definition) is 4. The third kappa shape index (κ3) is 3.06. The van der Waals surface area contributed by atoms with Gasteiger partial charge in [-0.2, -0.15) is 0 Å². The lowest BCUT2D eigenvalue weighted by atomic mass is 9.83. The summed E-state index contributed by atoms with van der Waals surface area (Å²) < 4.78 is 0. The average Bonchev–Trinajstić information content (AvgIpc) is 2.80. The molecule has 2 saturated heterocycles. The van der Waals surface area contributed by atoms with Gasteiger partial charge in [-0.25, -0.2) is 4.79 Å². The Bertz CT molecular complexity index is 714. The number of aliphatic carboxylic acids is 1. The molecule has 2 aliphatic rings. The van der Waals surface area contributed by atoms with Crippen LogP contribution in [0.1, 0.15) is 32.3 Å². The molecule has 0 spiro atoms. The minimum Gasteiger partial charge on any atom is -0.480 e. The molecule has 2 heterocycles. The molecule has 2 aliphatic heterocycles. The zero-order valence-electron chi connectivity index (χ0n) is 14.4. The van der Waals surface area contributed by atoms with E-state index in [1.807, 2.05) is 26.0 Å². The zero-order valence-corrected chi connectivity index (χ0v) is 14.4. The zero-order chi connectivity index (χ0) is 18.4. The van der Waals surface area contributed by atoms with Crippen LogP contribution >= 0.6 is 0 Å². The normalized spacial score (nSPS) is 26.7. The van der Waals surface area contributed by atoms with Crippen LogP contribution in [0, 0.1) is 5.41 Å². The van der Waals surface area contributed by atoms with Gasteiger partial charge in [0.25, 0.3) is 0 Å². The van der Waals surface area contributed by atoms with Gasteiger partial charge in [-0.3, -0.25) is 9.59 Å². The quantitative estimate of drug-likeness (QED) is 0.539. The standard InChI is InChI=1S/C18H23N3O4/c1-18(2)9-12-14(16(23)21(12)15(18)17(24)25)20-13(22)8-5-10-3-6-11(19)7-4-10/h3-4,6-7,12,14-15H,5,8-9,19H2,1-2H3,(H,20,22)(H,24,25)/t12-,14+,15+/m1/s1. The van der Waals surface area contributed by atoms with Crippen LogP contribution in [-0.4, -0.2) is 45.9 Å². The predicted octanol–water partition coefficient (Wildman–Crippen LogP) is 0.780. The third-order valence-corrected chi connectivity index (χ3v) is 5.19. The average molecular weight is 345 g/mol. The molecule has 0 aliphatic carbocycles. The second kappa shape index (κ2) is 6.06. The van der Waals surface area contributed by atoms with Gasteiger partial charge >= 0.3 is 5.97 Å². The molecule has 134 valence electrons. The number of carboxylic acid groups (broad SMARTS) is 1. The molecular weight excluding hydrogens is 322 g/mol. The van der Waals surface area contributed by atoms with E-state index in [-0.39, 0.29) is 24.3 Å². The molecule has 7 heteroatoms. The minimum absolute atomic E-state index is 0.202. The van der Waals surface area contributed by atoms with E-state index in [9.17, 15) is 19.5 Å². The molecule has 4 N–H and O–H groups in total. The van der Waals surface area contributed by atoms with Crippen molar-refractivity contribution in [2.45, 2.75) is 51.2 Å². The molecule has 0 saturated carbocycles. The third-order valence-electron chi connectivity index (χ3n) is 5.19. The lowest BCUT2D eigenvalue weighted by molar-refractivity contribution is -0.163. The number of benzene rings is 1. The SMILES string of the molecule is CC1(C)C[C@@H]2[C@H](NC(=O)CCc3ccc(N)cc3)C(=O)N2[C@H]1C(=O)O.